The lowest BCUT2D eigenvalue weighted by atomic mass is 9.98. The van der Waals surface area contributed by atoms with E-state index in [0.29, 0.717) is 0 Å². The fraction of sp³-hybridized carbons (Fsp3) is 0.857. The lowest BCUT2D eigenvalue weighted by molar-refractivity contribution is -0.138. The maximum absolute atomic E-state index is 10.0. The Hall–Kier alpha value is -0.610. The Kier molecular flexibility index (Phi) is 3.48. The Morgan fingerprint density at radius 3 is 2.27 bits per heavy atom. The third-order valence-corrected chi connectivity index (χ3v) is 1.45. The Balaban J connectivity index is 3.70. The number of rotatable bonds is 4. The van der Waals surface area contributed by atoms with Crippen molar-refractivity contribution in [1.29, 1.82) is 0 Å². The fourth-order valence-corrected chi connectivity index (χ4v) is 0.613. The lowest BCUT2D eigenvalue weighted by Gasteiger charge is -2.23. The number of carboxylic acid groups (broad SMARTS) is 1. The molecule has 4 heteroatoms. The third kappa shape index (κ3) is 4.75. The number of aliphatic hydroxyl groups excluding tert-OH is 1. The maximum atomic E-state index is 10.0. The summed E-state index contributed by atoms with van der Waals surface area (Å²) < 4.78 is 0. The SMILES string of the molecule is CC(C)(O)C(O)CCC(=O)O. The van der Waals surface area contributed by atoms with Crippen LogP contribution in [0, 0.1) is 0 Å². The molecule has 0 saturated carbocycles. The highest BCUT2D eigenvalue weighted by atomic mass is 16.4. The second kappa shape index (κ2) is 3.69. The first-order valence-corrected chi connectivity index (χ1v) is 3.46. The first-order valence-electron chi connectivity index (χ1n) is 3.46. The average molecular weight is 162 g/mol. The van der Waals surface area contributed by atoms with Crippen molar-refractivity contribution in [2.24, 2.45) is 0 Å². The molecule has 0 heterocycles. The summed E-state index contributed by atoms with van der Waals surface area (Å²) in [4.78, 5) is 10.0. The van der Waals surface area contributed by atoms with Crippen LogP contribution < -0.4 is 0 Å². The molecule has 0 aliphatic rings. The molecule has 0 aliphatic heterocycles. The molecule has 3 N–H and O–H groups in total. The van der Waals surface area contributed by atoms with Gasteiger partial charge in [0.1, 0.15) is 0 Å². The number of carbonyl (C=O) groups is 1. The number of hydrogen-bond donors (Lipinski definition) is 3. The summed E-state index contributed by atoms with van der Waals surface area (Å²) in [7, 11) is 0. The Bertz CT molecular complexity index is 136. The third-order valence-electron chi connectivity index (χ3n) is 1.45. The van der Waals surface area contributed by atoms with E-state index in [9.17, 15) is 4.79 Å². The van der Waals surface area contributed by atoms with Crippen molar-refractivity contribution >= 4 is 5.97 Å². The van der Waals surface area contributed by atoms with Gasteiger partial charge in [-0.15, -0.1) is 0 Å². The van der Waals surface area contributed by atoms with Crippen LogP contribution in [0.15, 0.2) is 0 Å². The van der Waals surface area contributed by atoms with E-state index in [-0.39, 0.29) is 12.8 Å². The van der Waals surface area contributed by atoms with Crippen LogP contribution in [0.25, 0.3) is 0 Å². The van der Waals surface area contributed by atoms with Crippen molar-refractivity contribution in [3.8, 4) is 0 Å². The predicted molar refractivity (Wildman–Crippen MR) is 39.2 cm³/mol. The average Bonchev–Trinajstić information content (AvgIpc) is 1.80. The van der Waals surface area contributed by atoms with E-state index in [1.165, 1.54) is 13.8 Å². The van der Waals surface area contributed by atoms with Crippen molar-refractivity contribution in [1.82, 2.24) is 0 Å². The van der Waals surface area contributed by atoms with E-state index in [1.54, 1.807) is 0 Å². The summed E-state index contributed by atoms with van der Waals surface area (Å²) in [5, 5.41) is 26.5. The first kappa shape index (κ1) is 10.4. The van der Waals surface area contributed by atoms with Crippen molar-refractivity contribution < 1.29 is 20.1 Å². The molecular formula is C7H14O4. The highest BCUT2D eigenvalue weighted by Crippen LogP contribution is 2.12. The van der Waals surface area contributed by atoms with Gasteiger partial charge in [-0.1, -0.05) is 0 Å². The molecule has 0 aliphatic carbocycles. The second-order valence-corrected chi connectivity index (χ2v) is 3.10. The smallest absolute Gasteiger partial charge is 0.303 e. The quantitative estimate of drug-likeness (QED) is 0.543. The molecule has 0 amide bonds. The molecule has 1 atom stereocenters. The summed E-state index contributed by atoms with van der Waals surface area (Å²) in [5.41, 5.74) is -1.21. The van der Waals surface area contributed by atoms with Gasteiger partial charge in [-0.25, -0.2) is 0 Å². The molecule has 0 fully saturated rings. The molecular weight excluding hydrogens is 148 g/mol. The summed E-state index contributed by atoms with van der Waals surface area (Å²) in [6.07, 6.45) is -1.01. The van der Waals surface area contributed by atoms with Crippen molar-refractivity contribution in [2.45, 2.75) is 38.4 Å². The van der Waals surface area contributed by atoms with Crippen molar-refractivity contribution in [2.75, 3.05) is 0 Å². The maximum Gasteiger partial charge on any atom is 0.303 e. The Labute approximate surface area is 65.5 Å². The number of hydrogen-bond acceptors (Lipinski definition) is 3. The summed E-state index contributed by atoms with van der Waals surface area (Å²) >= 11 is 0. The van der Waals surface area contributed by atoms with Gasteiger partial charge in [-0.3, -0.25) is 4.79 Å². The van der Waals surface area contributed by atoms with E-state index in [1.807, 2.05) is 0 Å². The van der Waals surface area contributed by atoms with Crippen LogP contribution in [0.3, 0.4) is 0 Å². The normalized spacial score (nSPS) is 14.5. The Morgan fingerprint density at radius 1 is 1.55 bits per heavy atom. The van der Waals surface area contributed by atoms with Gasteiger partial charge in [-0.05, 0) is 20.3 Å². The number of aliphatic carboxylic acids is 1. The molecule has 0 aromatic rings. The zero-order valence-corrected chi connectivity index (χ0v) is 6.74. The molecule has 0 rings (SSSR count). The van der Waals surface area contributed by atoms with Gasteiger partial charge >= 0.3 is 5.97 Å². The number of carboxylic acids is 1. The molecule has 0 aromatic heterocycles. The van der Waals surface area contributed by atoms with Crippen molar-refractivity contribution in [3.05, 3.63) is 0 Å². The minimum atomic E-state index is -1.21. The number of aliphatic hydroxyl groups is 2. The molecule has 0 saturated heterocycles. The van der Waals surface area contributed by atoms with E-state index >= 15 is 0 Å². The molecule has 0 aromatic carbocycles. The van der Waals surface area contributed by atoms with Crippen LogP contribution >= 0.6 is 0 Å². The van der Waals surface area contributed by atoms with Crippen LogP contribution in [0.4, 0.5) is 0 Å². The predicted octanol–water partition coefficient (Wildman–Crippen LogP) is -0.0170. The molecule has 66 valence electrons. The molecule has 0 bridgehead atoms. The molecule has 4 nitrogen and oxygen atoms in total. The largest absolute Gasteiger partial charge is 0.481 e. The van der Waals surface area contributed by atoms with Gasteiger partial charge in [-0.2, -0.15) is 0 Å². The van der Waals surface area contributed by atoms with Gasteiger partial charge < -0.3 is 15.3 Å². The van der Waals surface area contributed by atoms with Crippen LogP contribution in [0.5, 0.6) is 0 Å². The van der Waals surface area contributed by atoms with E-state index < -0.39 is 17.7 Å². The summed E-state index contributed by atoms with van der Waals surface area (Å²) in [6.45, 7) is 2.89. The van der Waals surface area contributed by atoms with Crippen LogP contribution in [-0.4, -0.2) is 33.0 Å². The first-order chi connectivity index (χ1) is 4.84. The van der Waals surface area contributed by atoms with E-state index in [2.05, 4.69) is 0 Å². The minimum absolute atomic E-state index is 0.0822. The van der Waals surface area contributed by atoms with Gasteiger partial charge in [0, 0.05) is 6.42 Å². The Morgan fingerprint density at radius 2 is 2.00 bits per heavy atom. The van der Waals surface area contributed by atoms with Gasteiger partial charge in [0.2, 0.25) is 0 Å². The van der Waals surface area contributed by atoms with Gasteiger partial charge in [0.25, 0.3) is 0 Å². The highest BCUT2D eigenvalue weighted by molar-refractivity contribution is 5.66. The summed E-state index contributed by atoms with van der Waals surface area (Å²) in [5.74, 6) is -0.965. The minimum Gasteiger partial charge on any atom is -0.481 e. The summed E-state index contributed by atoms with van der Waals surface area (Å²) in [6, 6.07) is 0. The monoisotopic (exact) mass is 162 g/mol. The molecule has 11 heavy (non-hydrogen) atoms. The zero-order valence-electron chi connectivity index (χ0n) is 6.74. The molecule has 1 unspecified atom stereocenters. The van der Waals surface area contributed by atoms with Crippen LogP contribution in [0.2, 0.25) is 0 Å². The lowest BCUT2D eigenvalue weighted by Crippen LogP contribution is -2.36. The standard InChI is InChI=1S/C7H14O4/c1-7(2,11)5(8)3-4-6(9)10/h5,8,11H,3-4H2,1-2H3,(H,9,10). The molecule has 0 spiro atoms. The van der Waals surface area contributed by atoms with E-state index in [0.717, 1.165) is 0 Å². The second-order valence-electron chi connectivity index (χ2n) is 3.10. The highest BCUT2D eigenvalue weighted by Gasteiger charge is 2.24. The van der Waals surface area contributed by atoms with Crippen LogP contribution in [-0.2, 0) is 4.79 Å². The van der Waals surface area contributed by atoms with Gasteiger partial charge in [0.05, 0.1) is 11.7 Å². The zero-order chi connectivity index (χ0) is 9.07. The van der Waals surface area contributed by atoms with Gasteiger partial charge in [0.15, 0.2) is 0 Å². The van der Waals surface area contributed by atoms with Crippen molar-refractivity contribution in [3.63, 3.8) is 0 Å². The van der Waals surface area contributed by atoms with Crippen LogP contribution in [0.1, 0.15) is 26.7 Å². The molecule has 0 radical (unpaired) electrons. The van der Waals surface area contributed by atoms with E-state index in [4.69, 9.17) is 15.3 Å². The fourth-order valence-electron chi connectivity index (χ4n) is 0.613. The topological polar surface area (TPSA) is 77.8 Å².